The Kier molecular flexibility index (Phi) is 13.9. The summed E-state index contributed by atoms with van der Waals surface area (Å²) in [6.07, 6.45) is 3.80. The molecule has 0 aliphatic heterocycles. The van der Waals surface area contributed by atoms with E-state index in [9.17, 15) is 24.0 Å². The molecular weight excluding hydrogens is 626 g/mol. The molecule has 244 valence electrons. The third-order valence-electron chi connectivity index (χ3n) is 6.24. The zero-order chi connectivity index (χ0) is 34.7. The topological polar surface area (TPSA) is 227 Å². The number of hydrogen-bond donors (Lipinski definition) is 2. The van der Waals surface area contributed by atoms with Gasteiger partial charge in [-0.2, -0.15) is 5.26 Å². The van der Waals surface area contributed by atoms with Crippen molar-refractivity contribution >= 4 is 29.7 Å². The Morgan fingerprint density at radius 2 is 1.15 bits per heavy atom. The highest BCUT2D eigenvalue weighted by Gasteiger charge is 2.24. The number of ether oxygens (including phenoxy) is 5. The quantitative estimate of drug-likeness (QED) is 0.0982. The summed E-state index contributed by atoms with van der Waals surface area (Å²) in [4.78, 5) is 62.2. The van der Waals surface area contributed by atoms with Gasteiger partial charge in [0.1, 0.15) is 23.3 Å². The molecule has 0 aliphatic rings. The lowest BCUT2D eigenvalue weighted by Gasteiger charge is -2.18. The van der Waals surface area contributed by atoms with E-state index in [2.05, 4.69) is 20.1 Å². The second kappa shape index (κ2) is 18.8. The van der Waals surface area contributed by atoms with Crippen LogP contribution in [0.15, 0.2) is 72.8 Å². The summed E-state index contributed by atoms with van der Waals surface area (Å²) < 4.78 is 24.6. The average Bonchev–Trinajstić information content (AvgIpc) is 3.10. The van der Waals surface area contributed by atoms with Gasteiger partial charge in [0.15, 0.2) is 13.2 Å². The number of amides is 2. The van der Waals surface area contributed by atoms with Crippen LogP contribution in [0.3, 0.4) is 0 Å². The maximum absolute atomic E-state index is 13.0. The maximum atomic E-state index is 13.0. The fourth-order valence-corrected chi connectivity index (χ4v) is 3.87. The molecule has 0 bridgehead atoms. The Labute approximate surface area is 274 Å². The average molecular weight is 654 g/mol. The molecule has 2 amide bonds. The van der Waals surface area contributed by atoms with E-state index in [1.807, 2.05) is 6.07 Å². The van der Waals surface area contributed by atoms with Gasteiger partial charge in [-0.05, 0) is 92.1 Å². The number of esters is 3. The van der Waals surface area contributed by atoms with Crippen LogP contribution in [0.2, 0.25) is 0 Å². The van der Waals surface area contributed by atoms with Crippen LogP contribution in [0.4, 0.5) is 0 Å². The van der Waals surface area contributed by atoms with Crippen molar-refractivity contribution in [2.24, 2.45) is 0 Å². The lowest BCUT2D eigenvalue weighted by Crippen LogP contribution is -2.44. The van der Waals surface area contributed by atoms with Crippen molar-refractivity contribution in [2.45, 2.75) is 25.3 Å². The number of hydrogen-bond acceptors (Lipinski definition) is 13. The summed E-state index contributed by atoms with van der Waals surface area (Å²) >= 11 is 0. The lowest BCUT2D eigenvalue weighted by atomic mass is 10.1. The van der Waals surface area contributed by atoms with Crippen LogP contribution < -0.4 is 24.8 Å². The van der Waals surface area contributed by atoms with Crippen molar-refractivity contribution < 1.29 is 47.7 Å². The summed E-state index contributed by atoms with van der Waals surface area (Å²) in [5.74, 6) is -3.13. The Bertz CT molecular complexity index is 1720. The van der Waals surface area contributed by atoms with Gasteiger partial charge >= 0.3 is 17.9 Å². The fraction of sp³-hybridized carbons (Fsp3) is 0.212. The normalized spacial score (nSPS) is 10.4. The minimum absolute atomic E-state index is 0.0888. The molecule has 0 aliphatic carbocycles. The number of nitriles is 3. The number of unbranched alkanes of at least 4 members (excludes halogenated alkanes) is 1. The minimum Gasteiger partial charge on any atom is -0.452 e. The highest BCUT2D eigenvalue weighted by atomic mass is 16.5. The first-order valence-corrected chi connectivity index (χ1v) is 14.2. The molecule has 48 heavy (non-hydrogen) atoms. The fourth-order valence-electron chi connectivity index (χ4n) is 3.87. The molecule has 0 spiro atoms. The zero-order valence-electron chi connectivity index (χ0n) is 25.2. The van der Waals surface area contributed by atoms with Crippen molar-refractivity contribution in [3.05, 3.63) is 89.5 Å². The first-order chi connectivity index (χ1) is 23.2. The van der Waals surface area contributed by atoms with E-state index in [0.717, 1.165) is 0 Å². The van der Waals surface area contributed by atoms with E-state index in [1.54, 1.807) is 0 Å². The molecule has 3 aromatic carbocycles. The largest absolute Gasteiger partial charge is 0.452 e. The molecule has 0 heterocycles. The first kappa shape index (κ1) is 35.6. The molecule has 15 nitrogen and oxygen atoms in total. The van der Waals surface area contributed by atoms with Crippen molar-refractivity contribution in [1.82, 2.24) is 10.6 Å². The molecule has 3 rings (SSSR count). The minimum atomic E-state index is -1.16. The molecule has 1 unspecified atom stereocenters. The molecular formula is C33H27N5O10. The number of benzene rings is 3. The van der Waals surface area contributed by atoms with Crippen molar-refractivity contribution in [3.63, 3.8) is 0 Å². The number of nitrogens with one attached hydrogen (secondary N) is 2. The Balaban J connectivity index is 1.47. The summed E-state index contributed by atoms with van der Waals surface area (Å²) in [7, 11) is 0. The molecule has 0 saturated heterocycles. The van der Waals surface area contributed by atoms with Crippen LogP contribution >= 0.6 is 0 Å². The summed E-state index contributed by atoms with van der Waals surface area (Å²) in [6, 6.07) is 17.5. The molecule has 3 aromatic rings. The molecule has 1 atom stereocenters. The van der Waals surface area contributed by atoms with E-state index in [1.165, 1.54) is 85.3 Å². The number of carbonyl (C=O) groups is 5. The van der Waals surface area contributed by atoms with Gasteiger partial charge in [-0.3, -0.25) is 9.59 Å². The van der Waals surface area contributed by atoms with Gasteiger partial charge in [-0.25, -0.2) is 14.4 Å². The predicted molar refractivity (Wildman–Crippen MR) is 162 cm³/mol. The molecule has 15 heteroatoms. The van der Waals surface area contributed by atoms with Crippen LogP contribution in [0.25, 0.3) is 0 Å². The smallest absolute Gasteiger partial charge is 0.338 e. The molecule has 0 aromatic heterocycles. The molecule has 0 saturated carbocycles. The number of rotatable bonds is 16. The summed E-state index contributed by atoms with van der Waals surface area (Å²) in [5.41, 5.74) is 0.610. The highest BCUT2D eigenvalue weighted by molar-refractivity contribution is 5.92. The van der Waals surface area contributed by atoms with Crippen molar-refractivity contribution in [1.29, 1.82) is 15.8 Å². The van der Waals surface area contributed by atoms with Gasteiger partial charge in [0, 0.05) is 6.54 Å². The Morgan fingerprint density at radius 1 is 0.646 bits per heavy atom. The Morgan fingerprint density at radius 3 is 1.65 bits per heavy atom. The highest BCUT2D eigenvalue weighted by Crippen LogP contribution is 2.15. The van der Waals surface area contributed by atoms with E-state index in [4.69, 9.17) is 30.0 Å². The van der Waals surface area contributed by atoms with Crippen LogP contribution in [0.1, 0.15) is 45.5 Å². The Hall–Kier alpha value is -6.92. The second-order valence-corrected chi connectivity index (χ2v) is 9.61. The third kappa shape index (κ3) is 11.9. The van der Waals surface area contributed by atoms with E-state index >= 15 is 0 Å². The van der Waals surface area contributed by atoms with Gasteiger partial charge in [-0.1, -0.05) is 0 Å². The van der Waals surface area contributed by atoms with Crippen LogP contribution in [-0.4, -0.2) is 55.5 Å². The second-order valence-electron chi connectivity index (χ2n) is 9.61. The van der Waals surface area contributed by atoms with Gasteiger partial charge < -0.3 is 34.3 Å². The lowest BCUT2D eigenvalue weighted by molar-refractivity contribution is -0.140. The van der Waals surface area contributed by atoms with E-state index < -0.39 is 49.0 Å². The van der Waals surface area contributed by atoms with Crippen LogP contribution in [-0.2, 0) is 23.9 Å². The van der Waals surface area contributed by atoms with Crippen LogP contribution in [0, 0.1) is 34.4 Å². The molecule has 0 fully saturated rings. The zero-order valence-corrected chi connectivity index (χ0v) is 25.2. The SMILES string of the molecule is N#COc1ccc(C(=O)OCC(=O)NCCCCC(NC(=O)COC(=O)c2ccc(OC#N)cc2)C(=O)Oc2ccc(C#N)cc2)cc1. The van der Waals surface area contributed by atoms with Gasteiger partial charge in [0.2, 0.25) is 0 Å². The number of carbonyl (C=O) groups excluding carboxylic acids is 5. The first-order valence-electron chi connectivity index (χ1n) is 14.2. The third-order valence-corrected chi connectivity index (χ3v) is 6.24. The summed E-state index contributed by atoms with van der Waals surface area (Å²) in [6.45, 7) is -1.08. The summed E-state index contributed by atoms with van der Waals surface area (Å²) in [5, 5.41) is 31.1. The van der Waals surface area contributed by atoms with Gasteiger partial charge in [0.05, 0.1) is 22.8 Å². The van der Waals surface area contributed by atoms with E-state index in [0.29, 0.717) is 18.4 Å². The van der Waals surface area contributed by atoms with Gasteiger partial charge in [0.25, 0.3) is 24.3 Å². The predicted octanol–water partition coefficient (Wildman–Crippen LogP) is 2.67. The van der Waals surface area contributed by atoms with E-state index in [-0.39, 0.29) is 41.3 Å². The number of nitrogens with zero attached hydrogens (tertiary/aromatic N) is 3. The van der Waals surface area contributed by atoms with Gasteiger partial charge in [-0.15, -0.1) is 10.5 Å². The van der Waals surface area contributed by atoms with Crippen molar-refractivity contribution in [3.8, 4) is 35.8 Å². The standard InChI is InChI=1S/C33H27N5O10/c34-17-22-4-10-27(11-5-22)48-33(43)28(38-30(40)19-45-32(42)24-8-14-26(15-9-24)47-21-36)3-1-2-16-37-29(39)18-44-31(41)23-6-12-25(13-7-23)46-20-35/h4-15,28H,1-3,16,18-19H2,(H,37,39)(H,38,40). The maximum Gasteiger partial charge on any atom is 0.338 e. The molecule has 2 N–H and O–H groups in total. The monoisotopic (exact) mass is 653 g/mol. The molecule has 0 radical (unpaired) electrons. The van der Waals surface area contributed by atoms with Crippen molar-refractivity contribution in [2.75, 3.05) is 19.8 Å². The van der Waals surface area contributed by atoms with Crippen LogP contribution in [0.5, 0.6) is 17.2 Å².